The van der Waals surface area contributed by atoms with Gasteiger partial charge >= 0.3 is 0 Å². The van der Waals surface area contributed by atoms with E-state index < -0.39 is 0 Å². The van der Waals surface area contributed by atoms with Crippen molar-refractivity contribution < 1.29 is 9.90 Å². The van der Waals surface area contributed by atoms with E-state index in [1.807, 2.05) is 11.8 Å². The Balaban J connectivity index is 2.33. The largest absolute Gasteiger partial charge is 0.395 e. The van der Waals surface area contributed by atoms with E-state index in [0.717, 1.165) is 18.4 Å². The van der Waals surface area contributed by atoms with E-state index in [0.29, 0.717) is 18.7 Å². The molecule has 0 bridgehead atoms. The molecule has 1 amide bonds. The summed E-state index contributed by atoms with van der Waals surface area (Å²) in [7, 11) is 0. The summed E-state index contributed by atoms with van der Waals surface area (Å²) in [5, 5.41) is 11.5. The lowest BCUT2D eigenvalue weighted by Crippen LogP contribution is -2.25. The van der Waals surface area contributed by atoms with Crippen LogP contribution < -0.4 is 5.32 Å². The van der Waals surface area contributed by atoms with Gasteiger partial charge < -0.3 is 10.4 Å². The van der Waals surface area contributed by atoms with Gasteiger partial charge in [0.25, 0.3) is 5.91 Å². The summed E-state index contributed by atoms with van der Waals surface area (Å²) in [6.07, 6.45) is 7.45. The molecule has 0 radical (unpaired) electrons. The van der Waals surface area contributed by atoms with Gasteiger partial charge in [0.1, 0.15) is 5.69 Å². The predicted octanol–water partition coefficient (Wildman–Crippen LogP) is 2.08. The number of hydrogen-bond acceptors (Lipinski definition) is 4. The zero-order valence-corrected chi connectivity index (χ0v) is 13.2. The molecule has 1 aromatic rings. The van der Waals surface area contributed by atoms with Crippen LogP contribution in [-0.4, -0.2) is 41.2 Å². The number of nitrogens with one attached hydrogen (secondary N) is 1. The number of pyridine rings is 1. The standard InChI is InChI=1S/C16H22N2O2S/c1-21-12-6-2-4-10-17-16(20)15-9-8-14(13-18-15)7-3-5-11-19/h8-9,13,19H,2,4-6,10-12H2,1H3,(H,17,20). The highest BCUT2D eigenvalue weighted by molar-refractivity contribution is 7.98. The Kier molecular flexibility index (Phi) is 9.34. The van der Waals surface area contributed by atoms with E-state index in [2.05, 4.69) is 28.4 Å². The Morgan fingerprint density at radius 1 is 1.38 bits per heavy atom. The molecule has 0 spiro atoms. The molecular formula is C16H22N2O2S. The molecule has 0 unspecified atom stereocenters. The van der Waals surface area contributed by atoms with Crippen molar-refractivity contribution in [3.63, 3.8) is 0 Å². The summed E-state index contributed by atoms with van der Waals surface area (Å²) >= 11 is 1.85. The zero-order valence-electron chi connectivity index (χ0n) is 12.4. The van der Waals surface area contributed by atoms with Crippen LogP contribution in [0.25, 0.3) is 0 Å². The Labute approximate surface area is 130 Å². The van der Waals surface area contributed by atoms with Crippen LogP contribution in [0.5, 0.6) is 0 Å². The number of rotatable bonds is 8. The Morgan fingerprint density at radius 2 is 2.24 bits per heavy atom. The molecule has 114 valence electrons. The van der Waals surface area contributed by atoms with Crippen molar-refractivity contribution in [1.29, 1.82) is 0 Å². The number of unbranched alkanes of at least 4 members (excludes halogenated alkanes) is 2. The molecule has 1 heterocycles. The first-order chi connectivity index (χ1) is 10.3. The van der Waals surface area contributed by atoms with Crippen LogP contribution in [0.2, 0.25) is 0 Å². The van der Waals surface area contributed by atoms with E-state index in [1.54, 1.807) is 18.3 Å². The lowest BCUT2D eigenvalue weighted by Gasteiger charge is -2.04. The van der Waals surface area contributed by atoms with Gasteiger partial charge in [-0.25, -0.2) is 4.98 Å². The molecular weight excluding hydrogens is 284 g/mol. The quantitative estimate of drug-likeness (QED) is 0.570. The lowest BCUT2D eigenvalue weighted by molar-refractivity contribution is 0.0948. The number of carbonyl (C=O) groups is 1. The van der Waals surface area contributed by atoms with Crippen molar-refractivity contribution in [2.45, 2.75) is 25.7 Å². The summed E-state index contributed by atoms with van der Waals surface area (Å²) in [5.41, 5.74) is 1.16. The number of amides is 1. The normalized spacial score (nSPS) is 9.81. The van der Waals surface area contributed by atoms with E-state index in [-0.39, 0.29) is 12.5 Å². The molecule has 1 aromatic heterocycles. The molecule has 0 saturated carbocycles. The molecule has 0 atom stereocenters. The number of aromatic nitrogens is 1. The summed E-state index contributed by atoms with van der Waals surface area (Å²) in [4.78, 5) is 16.0. The molecule has 0 aliphatic heterocycles. The number of thioether (sulfide) groups is 1. The minimum atomic E-state index is -0.144. The first kappa shape index (κ1) is 17.5. The van der Waals surface area contributed by atoms with Crippen molar-refractivity contribution in [3.05, 3.63) is 29.6 Å². The van der Waals surface area contributed by atoms with Crippen LogP contribution in [0, 0.1) is 11.8 Å². The van der Waals surface area contributed by atoms with Gasteiger partial charge in [0.05, 0.1) is 6.61 Å². The molecule has 0 aromatic carbocycles. The smallest absolute Gasteiger partial charge is 0.269 e. The van der Waals surface area contributed by atoms with Gasteiger partial charge in [-0.05, 0) is 37.0 Å². The molecule has 0 aliphatic carbocycles. The van der Waals surface area contributed by atoms with E-state index in [9.17, 15) is 4.79 Å². The molecule has 2 N–H and O–H groups in total. The van der Waals surface area contributed by atoms with Crippen LogP contribution >= 0.6 is 11.8 Å². The van der Waals surface area contributed by atoms with Crippen molar-refractivity contribution in [1.82, 2.24) is 10.3 Å². The minimum absolute atomic E-state index is 0.0534. The third-order valence-corrected chi connectivity index (χ3v) is 3.47. The molecule has 21 heavy (non-hydrogen) atoms. The van der Waals surface area contributed by atoms with Gasteiger partial charge in [0.15, 0.2) is 0 Å². The third kappa shape index (κ3) is 7.74. The first-order valence-corrected chi connectivity index (χ1v) is 8.50. The molecule has 5 heteroatoms. The minimum Gasteiger partial charge on any atom is -0.395 e. The topological polar surface area (TPSA) is 62.2 Å². The van der Waals surface area contributed by atoms with Gasteiger partial charge in [0, 0.05) is 24.7 Å². The second-order valence-electron chi connectivity index (χ2n) is 4.52. The van der Waals surface area contributed by atoms with E-state index in [4.69, 9.17) is 5.11 Å². The summed E-state index contributed by atoms with van der Waals surface area (Å²) in [5.74, 6) is 6.72. The van der Waals surface area contributed by atoms with Crippen LogP contribution in [-0.2, 0) is 0 Å². The highest BCUT2D eigenvalue weighted by Crippen LogP contribution is 2.02. The fourth-order valence-electron chi connectivity index (χ4n) is 1.66. The first-order valence-electron chi connectivity index (χ1n) is 7.11. The van der Waals surface area contributed by atoms with Crippen molar-refractivity contribution >= 4 is 17.7 Å². The highest BCUT2D eigenvalue weighted by atomic mass is 32.2. The fraction of sp³-hybridized carbons (Fsp3) is 0.500. The van der Waals surface area contributed by atoms with Crippen LogP contribution in [0.3, 0.4) is 0 Å². The van der Waals surface area contributed by atoms with Crippen molar-refractivity contribution in [2.24, 2.45) is 0 Å². The zero-order chi connectivity index (χ0) is 15.3. The van der Waals surface area contributed by atoms with Crippen molar-refractivity contribution in [2.75, 3.05) is 25.2 Å². The summed E-state index contributed by atoms with van der Waals surface area (Å²) in [6, 6.07) is 3.44. The Morgan fingerprint density at radius 3 is 2.90 bits per heavy atom. The maximum atomic E-state index is 11.9. The number of carbonyl (C=O) groups excluding carboxylic acids is 1. The average molecular weight is 306 g/mol. The second-order valence-corrected chi connectivity index (χ2v) is 5.50. The lowest BCUT2D eigenvalue weighted by atomic mass is 10.2. The maximum absolute atomic E-state index is 11.9. The SMILES string of the molecule is CSCCCCCNC(=O)c1ccc(C#CCCO)cn1. The van der Waals surface area contributed by atoms with Crippen molar-refractivity contribution in [3.8, 4) is 11.8 Å². The van der Waals surface area contributed by atoms with Crippen LogP contribution in [0.4, 0.5) is 0 Å². The van der Waals surface area contributed by atoms with Gasteiger partial charge in [0.2, 0.25) is 0 Å². The number of nitrogens with zero attached hydrogens (tertiary/aromatic N) is 1. The van der Waals surface area contributed by atoms with Crippen LogP contribution in [0.15, 0.2) is 18.3 Å². The maximum Gasteiger partial charge on any atom is 0.269 e. The van der Waals surface area contributed by atoms with Gasteiger partial charge in [-0.15, -0.1) is 0 Å². The van der Waals surface area contributed by atoms with E-state index in [1.165, 1.54) is 12.2 Å². The summed E-state index contributed by atoms with van der Waals surface area (Å²) < 4.78 is 0. The third-order valence-electron chi connectivity index (χ3n) is 2.78. The highest BCUT2D eigenvalue weighted by Gasteiger charge is 2.05. The Hall–Kier alpha value is -1.51. The number of aliphatic hydroxyl groups is 1. The van der Waals surface area contributed by atoms with Crippen LogP contribution in [0.1, 0.15) is 41.7 Å². The predicted molar refractivity (Wildman–Crippen MR) is 87.4 cm³/mol. The fourth-order valence-corrected chi connectivity index (χ4v) is 2.16. The number of hydrogen-bond donors (Lipinski definition) is 2. The molecule has 1 rings (SSSR count). The second kappa shape index (κ2) is 11.2. The van der Waals surface area contributed by atoms with Gasteiger partial charge in [-0.2, -0.15) is 11.8 Å². The molecule has 0 saturated heterocycles. The van der Waals surface area contributed by atoms with Gasteiger partial charge in [-0.3, -0.25) is 4.79 Å². The Bertz CT molecular complexity index is 477. The monoisotopic (exact) mass is 306 g/mol. The van der Waals surface area contributed by atoms with E-state index >= 15 is 0 Å². The van der Waals surface area contributed by atoms with Gasteiger partial charge in [-0.1, -0.05) is 18.3 Å². The molecule has 0 fully saturated rings. The number of aliphatic hydroxyl groups excluding tert-OH is 1. The summed E-state index contributed by atoms with van der Waals surface area (Å²) in [6.45, 7) is 0.741. The molecule has 0 aliphatic rings. The average Bonchev–Trinajstić information content (AvgIpc) is 2.51. The molecule has 4 nitrogen and oxygen atoms in total.